The third kappa shape index (κ3) is 4.00. The Kier molecular flexibility index (Phi) is 5.53. The minimum absolute atomic E-state index is 0.0472. The first-order chi connectivity index (χ1) is 7.77. The van der Waals surface area contributed by atoms with E-state index in [1.807, 2.05) is 31.3 Å². The smallest absolute Gasteiger partial charge is 0.224 e. The Balaban J connectivity index is 2.61. The number of hydrogen-bond acceptors (Lipinski definition) is 3. The molecule has 4 heteroatoms. The summed E-state index contributed by atoms with van der Waals surface area (Å²) in [4.78, 5) is 11.5. The van der Waals surface area contributed by atoms with Gasteiger partial charge >= 0.3 is 0 Å². The zero-order valence-electron chi connectivity index (χ0n) is 9.49. The quantitative estimate of drug-likeness (QED) is 0.676. The summed E-state index contributed by atoms with van der Waals surface area (Å²) in [5.74, 6) is -0.0578. The maximum Gasteiger partial charge on any atom is 0.224 e. The fourth-order valence-corrected chi connectivity index (χ4v) is 1.44. The zero-order chi connectivity index (χ0) is 11.8. The molecule has 0 unspecified atom stereocenters. The number of rotatable bonds is 6. The van der Waals surface area contributed by atoms with Gasteiger partial charge in [0.15, 0.2) is 0 Å². The molecule has 0 aliphatic rings. The first-order valence-corrected chi connectivity index (χ1v) is 5.41. The Morgan fingerprint density at radius 2 is 2.12 bits per heavy atom. The van der Waals surface area contributed by atoms with Crippen LogP contribution in [-0.2, 0) is 11.3 Å². The Hall–Kier alpha value is -1.39. The number of amides is 1. The van der Waals surface area contributed by atoms with Crippen LogP contribution in [0.4, 0.5) is 5.69 Å². The summed E-state index contributed by atoms with van der Waals surface area (Å²) in [5.41, 5.74) is 1.89. The van der Waals surface area contributed by atoms with Gasteiger partial charge in [-0.05, 0) is 25.1 Å². The van der Waals surface area contributed by atoms with E-state index in [-0.39, 0.29) is 12.5 Å². The maximum absolute atomic E-state index is 11.5. The third-order valence-electron chi connectivity index (χ3n) is 2.22. The minimum atomic E-state index is -0.0578. The molecule has 1 aromatic rings. The lowest BCUT2D eigenvalue weighted by Gasteiger charge is -2.10. The second-order valence-corrected chi connectivity index (χ2v) is 3.56. The number of aliphatic hydroxyl groups is 1. The van der Waals surface area contributed by atoms with Gasteiger partial charge in [-0.3, -0.25) is 4.79 Å². The van der Waals surface area contributed by atoms with Gasteiger partial charge in [-0.25, -0.2) is 0 Å². The highest BCUT2D eigenvalue weighted by Crippen LogP contribution is 2.14. The Morgan fingerprint density at radius 1 is 1.38 bits per heavy atom. The van der Waals surface area contributed by atoms with Gasteiger partial charge in [0.2, 0.25) is 5.91 Å². The van der Waals surface area contributed by atoms with Crippen LogP contribution in [0, 0.1) is 0 Å². The molecular formula is C12H18N2O2. The number of para-hydroxylation sites is 1. The molecule has 1 rings (SSSR count). The highest BCUT2D eigenvalue weighted by atomic mass is 16.3. The predicted octanol–water partition coefficient (Wildman–Crippen LogP) is 1.12. The number of benzene rings is 1. The molecule has 0 radical (unpaired) electrons. The van der Waals surface area contributed by atoms with Crippen LogP contribution in [0.3, 0.4) is 0 Å². The lowest BCUT2D eigenvalue weighted by atomic mass is 10.1. The largest absolute Gasteiger partial charge is 0.396 e. The van der Waals surface area contributed by atoms with Gasteiger partial charge in [-0.1, -0.05) is 18.2 Å². The fourth-order valence-electron chi connectivity index (χ4n) is 1.44. The monoisotopic (exact) mass is 222 g/mol. The second-order valence-electron chi connectivity index (χ2n) is 3.56. The number of carbonyl (C=O) groups excluding carboxylic acids is 1. The molecular weight excluding hydrogens is 204 g/mol. The Labute approximate surface area is 95.7 Å². The van der Waals surface area contributed by atoms with Crippen LogP contribution < -0.4 is 10.6 Å². The van der Waals surface area contributed by atoms with Crippen molar-refractivity contribution >= 4 is 11.6 Å². The molecule has 0 aliphatic heterocycles. The molecule has 1 amide bonds. The fraction of sp³-hybridized carbons (Fsp3) is 0.417. The first-order valence-electron chi connectivity index (χ1n) is 5.41. The van der Waals surface area contributed by atoms with Crippen LogP contribution >= 0.6 is 0 Å². The van der Waals surface area contributed by atoms with Crippen LogP contribution in [0.2, 0.25) is 0 Å². The van der Waals surface area contributed by atoms with Crippen molar-refractivity contribution in [2.24, 2.45) is 0 Å². The highest BCUT2D eigenvalue weighted by molar-refractivity contribution is 5.91. The summed E-state index contributed by atoms with van der Waals surface area (Å²) in [6, 6.07) is 7.68. The summed E-state index contributed by atoms with van der Waals surface area (Å²) in [7, 11) is 1.87. The highest BCUT2D eigenvalue weighted by Gasteiger charge is 2.05. The predicted molar refractivity (Wildman–Crippen MR) is 64.2 cm³/mol. The molecule has 0 spiro atoms. The summed E-state index contributed by atoms with van der Waals surface area (Å²) in [5, 5.41) is 14.5. The van der Waals surface area contributed by atoms with Crippen molar-refractivity contribution in [3.8, 4) is 0 Å². The Bertz CT molecular complexity index is 340. The lowest BCUT2D eigenvalue weighted by molar-refractivity contribution is -0.116. The number of aliphatic hydroxyl groups excluding tert-OH is 1. The third-order valence-corrected chi connectivity index (χ3v) is 2.22. The minimum Gasteiger partial charge on any atom is -0.396 e. The lowest BCUT2D eigenvalue weighted by Crippen LogP contribution is -2.15. The molecule has 0 fully saturated rings. The molecule has 0 saturated heterocycles. The molecule has 0 bridgehead atoms. The van der Waals surface area contributed by atoms with Gasteiger partial charge in [-0.2, -0.15) is 0 Å². The van der Waals surface area contributed by atoms with Crippen molar-refractivity contribution in [1.82, 2.24) is 5.32 Å². The first kappa shape index (κ1) is 12.7. The van der Waals surface area contributed by atoms with E-state index in [2.05, 4.69) is 10.6 Å². The summed E-state index contributed by atoms with van der Waals surface area (Å²) in [6.07, 6.45) is 0.852. The summed E-state index contributed by atoms with van der Waals surface area (Å²) in [6.45, 7) is 0.766. The molecule has 0 aliphatic carbocycles. The molecule has 0 atom stereocenters. The molecule has 0 aromatic heterocycles. The number of hydrogen-bond donors (Lipinski definition) is 3. The van der Waals surface area contributed by atoms with Crippen LogP contribution in [-0.4, -0.2) is 24.7 Å². The van der Waals surface area contributed by atoms with Gasteiger partial charge in [0.1, 0.15) is 0 Å². The molecule has 4 nitrogen and oxygen atoms in total. The van der Waals surface area contributed by atoms with Gasteiger partial charge < -0.3 is 15.7 Å². The number of nitrogens with one attached hydrogen (secondary N) is 2. The molecule has 1 aromatic carbocycles. The van der Waals surface area contributed by atoms with Crippen molar-refractivity contribution in [3.05, 3.63) is 29.8 Å². The van der Waals surface area contributed by atoms with E-state index < -0.39 is 0 Å². The van der Waals surface area contributed by atoms with Crippen LogP contribution in [0.15, 0.2) is 24.3 Å². The average Bonchev–Trinajstić information content (AvgIpc) is 2.29. The molecule has 0 heterocycles. The Morgan fingerprint density at radius 3 is 2.81 bits per heavy atom. The van der Waals surface area contributed by atoms with Gasteiger partial charge in [-0.15, -0.1) is 0 Å². The number of anilines is 1. The van der Waals surface area contributed by atoms with Crippen molar-refractivity contribution in [1.29, 1.82) is 0 Å². The van der Waals surface area contributed by atoms with E-state index in [1.54, 1.807) is 0 Å². The zero-order valence-corrected chi connectivity index (χ0v) is 9.49. The van der Waals surface area contributed by atoms with E-state index >= 15 is 0 Å². The normalized spacial score (nSPS) is 10.1. The van der Waals surface area contributed by atoms with Crippen LogP contribution in [0.5, 0.6) is 0 Å². The van der Waals surface area contributed by atoms with E-state index in [4.69, 9.17) is 5.11 Å². The summed E-state index contributed by atoms with van der Waals surface area (Å²) < 4.78 is 0. The average molecular weight is 222 g/mol. The van der Waals surface area contributed by atoms with Crippen molar-refractivity contribution < 1.29 is 9.90 Å². The van der Waals surface area contributed by atoms with Crippen LogP contribution in [0.25, 0.3) is 0 Å². The van der Waals surface area contributed by atoms with Crippen molar-refractivity contribution in [2.45, 2.75) is 19.4 Å². The van der Waals surface area contributed by atoms with Gasteiger partial charge in [0.25, 0.3) is 0 Å². The van der Waals surface area contributed by atoms with Gasteiger partial charge in [0.05, 0.1) is 0 Å². The SMILES string of the molecule is CNCc1ccccc1NC(=O)CCCO. The maximum atomic E-state index is 11.5. The van der Waals surface area contributed by atoms with E-state index in [0.29, 0.717) is 12.8 Å². The second kappa shape index (κ2) is 6.98. The van der Waals surface area contributed by atoms with Crippen LogP contribution in [0.1, 0.15) is 18.4 Å². The van der Waals surface area contributed by atoms with Gasteiger partial charge in [0, 0.05) is 25.3 Å². The molecule has 3 N–H and O–H groups in total. The molecule has 88 valence electrons. The number of carbonyl (C=O) groups is 1. The van der Waals surface area contributed by atoms with E-state index in [0.717, 1.165) is 17.8 Å². The summed E-state index contributed by atoms with van der Waals surface area (Å²) >= 11 is 0. The topological polar surface area (TPSA) is 61.4 Å². The standard InChI is InChI=1S/C12H18N2O2/c1-13-9-10-5-2-3-6-11(10)14-12(16)7-4-8-15/h2-3,5-6,13,15H,4,7-9H2,1H3,(H,14,16). The molecule has 0 saturated carbocycles. The van der Waals surface area contributed by atoms with E-state index in [9.17, 15) is 4.79 Å². The molecule has 16 heavy (non-hydrogen) atoms. The van der Waals surface area contributed by atoms with Crippen molar-refractivity contribution in [2.75, 3.05) is 19.0 Å². The van der Waals surface area contributed by atoms with Crippen molar-refractivity contribution in [3.63, 3.8) is 0 Å². The van der Waals surface area contributed by atoms with E-state index in [1.165, 1.54) is 0 Å².